The van der Waals surface area contributed by atoms with Gasteiger partial charge in [-0.2, -0.15) is 0 Å². The van der Waals surface area contributed by atoms with Gasteiger partial charge in [0.05, 0.1) is 0 Å². The molecule has 2 N–H and O–H groups in total. The summed E-state index contributed by atoms with van der Waals surface area (Å²) >= 11 is 0. The summed E-state index contributed by atoms with van der Waals surface area (Å²) in [5.74, 6) is -0.261. The number of halogens is 1. The summed E-state index contributed by atoms with van der Waals surface area (Å²) in [6, 6.07) is 6.07. The van der Waals surface area contributed by atoms with Gasteiger partial charge in [0, 0.05) is 28.9 Å². The van der Waals surface area contributed by atoms with Crippen LogP contribution < -0.4 is 10.6 Å². The predicted octanol–water partition coefficient (Wildman–Crippen LogP) is 7.01. The molecule has 3 rings (SSSR count). The molecule has 2 aromatic carbocycles. The van der Waals surface area contributed by atoms with Crippen LogP contribution in [0.5, 0.6) is 0 Å². The quantitative estimate of drug-likeness (QED) is 0.478. The van der Waals surface area contributed by atoms with Crippen molar-refractivity contribution in [3.8, 4) is 11.1 Å². The molecule has 0 spiro atoms. The molecular weight excluding hydrogens is 399 g/mol. The van der Waals surface area contributed by atoms with E-state index in [0.29, 0.717) is 17.2 Å². The number of hydrogen-bond donors (Lipinski definition) is 2. The first-order valence-corrected chi connectivity index (χ1v) is 11.8. The third kappa shape index (κ3) is 5.06. The lowest BCUT2D eigenvalue weighted by Gasteiger charge is -2.21. The first kappa shape index (κ1) is 24.0. The molecule has 0 atom stereocenters. The van der Waals surface area contributed by atoms with E-state index in [-0.39, 0.29) is 17.8 Å². The fourth-order valence-electron chi connectivity index (χ4n) is 4.73. The van der Waals surface area contributed by atoms with Gasteiger partial charge in [-0.05, 0) is 119 Å². The Hall–Kier alpha value is -2.62. The van der Waals surface area contributed by atoms with E-state index in [1.54, 1.807) is 6.07 Å². The molecule has 1 saturated carbocycles. The van der Waals surface area contributed by atoms with Crippen LogP contribution in [0.2, 0.25) is 0 Å². The fraction of sp³-hybridized carbons (Fsp3) is 0.464. The van der Waals surface area contributed by atoms with Crippen LogP contribution in [-0.2, 0) is 4.79 Å². The maximum absolute atomic E-state index is 15.3. The van der Waals surface area contributed by atoms with Gasteiger partial charge >= 0.3 is 0 Å². The van der Waals surface area contributed by atoms with Crippen molar-refractivity contribution in [2.45, 2.75) is 86.2 Å². The van der Waals surface area contributed by atoms with Crippen molar-refractivity contribution in [3.05, 3.63) is 57.4 Å². The van der Waals surface area contributed by atoms with Crippen molar-refractivity contribution in [1.82, 2.24) is 5.32 Å². The summed E-state index contributed by atoms with van der Waals surface area (Å²) in [5, 5.41) is 6.43. The minimum atomic E-state index is -0.200. The molecule has 172 valence electrons. The van der Waals surface area contributed by atoms with Crippen LogP contribution >= 0.6 is 0 Å². The van der Waals surface area contributed by atoms with Gasteiger partial charge in [0.15, 0.2) is 0 Å². The van der Waals surface area contributed by atoms with Gasteiger partial charge < -0.3 is 10.6 Å². The van der Waals surface area contributed by atoms with Crippen molar-refractivity contribution in [3.63, 3.8) is 0 Å². The molecule has 0 heterocycles. The summed E-state index contributed by atoms with van der Waals surface area (Å²) in [6.45, 7) is 13.9. The van der Waals surface area contributed by atoms with Crippen LogP contribution in [0, 0.1) is 33.5 Å². The van der Waals surface area contributed by atoms with Crippen molar-refractivity contribution < 1.29 is 9.18 Å². The van der Waals surface area contributed by atoms with E-state index < -0.39 is 0 Å². The molecule has 0 radical (unpaired) electrons. The summed E-state index contributed by atoms with van der Waals surface area (Å²) in [6.07, 6.45) is 6.76. The highest BCUT2D eigenvalue weighted by atomic mass is 19.1. The van der Waals surface area contributed by atoms with Crippen molar-refractivity contribution in [2.75, 3.05) is 5.32 Å². The largest absolute Gasteiger partial charge is 0.382 e. The average molecular weight is 437 g/mol. The predicted molar refractivity (Wildman–Crippen MR) is 134 cm³/mol. The zero-order chi connectivity index (χ0) is 23.6. The van der Waals surface area contributed by atoms with E-state index in [0.717, 1.165) is 51.9 Å². The maximum atomic E-state index is 15.3. The SMILES string of the molecule is C/C(=C\c1c(C)c(C)c(-c2ccc(NC3CCCC3)cc2F)c(C)c1C)C(=O)NC(C)C. The summed E-state index contributed by atoms with van der Waals surface area (Å²) in [4.78, 5) is 12.4. The Morgan fingerprint density at radius 2 is 1.62 bits per heavy atom. The Morgan fingerprint density at radius 3 is 2.16 bits per heavy atom. The van der Waals surface area contributed by atoms with E-state index in [2.05, 4.69) is 24.5 Å². The lowest BCUT2D eigenvalue weighted by atomic mass is 9.85. The van der Waals surface area contributed by atoms with E-state index in [4.69, 9.17) is 0 Å². The summed E-state index contributed by atoms with van der Waals surface area (Å²) in [5.41, 5.74) is 8.40. The van der Waals surface area contributed by atoms with Gasteiger partial charge in [-0.3, -0.25) is 4.79 Å². The Bertz CT molecular complexity index is 1020. The molecule has 0 aromatic heterocycles. The molecule has 32 heavy (non-hydrogen) atoms. The van der Waals surface area contributed by atoms with Crippen LogP contribution in [0.25, 0.3) is 17.2 Å². The van der Waals surface area contributed by atoms with Crippen LogP contribution in [0.4, 0.5) is 10.1 Å². The maximum Gasteiger partial charge on any atom is 0.247 e. The topological polar surface area (TPSA) is 41.1 Å². The number of rotatable bonds is 6. The number of amides is 1. The van der Waals surface area contributed by atoms with Crippen molar-refractivity contribution in [1.29, 1.82) is 0 Å². The molecule has 1 amide bonds. The first-order valence-electron chi connectivity index (χ1n) is 11.8. The molecule has 3 nitrogen and oxygen atoms in total. The van der Waals surface area contributed by atoms with Crippen molar-refractivity contribution >= 4 is 17.7 Å². The lowest BCUT2D eigenvalue weighted by molar-refractivity contribution is -0.117. The molecule has 0 aliphatic heterocycles. The zero-order valence-corrected chi connectivity index (χ0v) is 20.6. The van der Waals surface area contributed by atoms with Gasteiger partial charge in [-0.15, -0.1) is 0 Å². The molecule has 0 saturated heterocycles. The second-order valence-corrected chi connectivity index (χ2v) is 9.56. The highest BCUT2D eigenvalue weighted by Crippen LogP contribution is 2.37. The standard InChI is InChI=1S/C28H37FN2O/c1-16(2)30-28(32)17(3)14-25-18(4)20(6)27(21(7)19(25)5)24-13-12-23(15-26(24)29)31-22-10-8-9-11-22/h12-16,22,31H,8-11H2,1-7H3,(H,30,32)/b17-14+. The molecule has 0 unspecified atom stereocenters. The van der Waals surface area contributed by atoms with Gasteiger partial charge in [-0.1, -0.05) is 12.8 Å². The monoisotopic (exact) mass is 436 g/mol. The molecule has 1 aliphatic rings. The zero-order valence-electron chi connectivity index (χ0n) is 20.6. The van der Waals surface area contributed by atoms with Crippen LogP contribution in [-0.4, -0.2) is 18.0 Å². The Kier molecular flexibility index (Phi) is 7.43. The Labute approximate surface area is 192 Å². The Morgan fingerprint density at radius 1 is 1.03 bits per heavy atom. The number of benzene rings is 2. The molecule has 1 aliphatic carbocycles. The molecule has 0 bridgehead atoms. The van der Waals surface area contributed by atoms with Gasteiger partial charge in [0.2, 0.25) is 5.91 Å². The van der Waals surface area contributed by atoms with E-state index >= 15 is 4.39 Å². The lowest BCUT2D eigenvalue weighted by Crippen LogP contribution is -2.30. The van der Waals surface area contributed by atoms with Crippen LogP contribution in [0.15, 0.2) is 23.8 Å². The second kappa shape index (κ2) is 9.89. The number of carbonyl (C=O) groups is 1. The van der Waals surface area contributed by atoms with E-state index in [9.17, 15) is 4.79 Å². The Balaban J connectivity index is 1.99. The average Bonchev–Trinajstić information content (AvgIpc) is 3.23. The van der Waals surface area contributed by atoms with Gasteiger partial charge in [0.25, 0.3) is 0 Å². The third-order valence-corrected chi connectivity index (χ3v) is 6.79. The number of anilines is 1. The van der Waals surface area contributed by atoms with Gasteiger partial charge in [-0.25, -0.2) is 4.39 Å². The second-order valence-electron chi connectivity index (χ2n) is 9.56. The normalized spacial score (nSPS) is 14.8. The number of carbonyl (C=O) groups excluding carboxylic acids is 1. The summed E-state index contributed by atoms with van der Waals surface area (Å²) in [7, 11) is 0. The smallest absolute Gasteiger partial charge is 0.247 e. The van der Waals surface area contributed by atoms with Crippen LogP contribution in [0.3, 0.4) is 0 Å². The molecular formula is C28H37FN2O. The highest BCUT2D eigenvalue weighted by molar-refractivity contribution is 5.98. The third-order valence-electron chi connectivity index (χ3n) is 6.79. The number of nitrogens with one attached hydrogen (secondary N) is 2. The fourth-order valence-corrected chi connectivity index (χ4v) is 4.73. The van der Waals surface area contributed by atoms with Crippen LogP contribution in [0.1, 0.15) is 74.3 Å². The number of hydrogen-bond acceptors (Lipinski definition) is 2. The molecule has 2 aromatic rings. The van der Waals surface area contributed by atoms with Crippen molar-refractivity contribution in [2.24, 2.45) is 0 Å². The molecule has 1 fully saturated rings. The van der Waals surface area contributed by atoms with Gasteiger partial charge in [0.1, 0.15) is 5.82 Å². The highest BCUT2D eigenvalue weighted by Gasteiger charge is 2.20. The van der Waals surface area contributed by atoms with E-state index in [1.165, 1.54) is 12.8 Å². The molecule has 4 heteroatoms. The van der Waals surface area contributed by atoms with E-state index in [1.807, 2.05) is 52.8 Å². The minimum absolute atomic E-state index is 0.0606. The minimum Gasteiger partial charge on any atom is -0.382 e. The first-order chi connectivity index (χ1) is 15.1. The summed E-state index contributed by atoms with van der Waals surface area (Å²) < 4.78 is 15.3.